The Bertz CT molecular complexity index is 1330. The molecular weight excluding hydrogens is 462 g/mol. The van der Waals surface area contributed by atoms with Crippen molar-refractivity contribution in [1.29, 1.82) is 0 Å². The van der Waals surface area contributed by atoms with Crippen LogP contribution in [0.1, 0.15) is 55.8 Å². The molecule has 0 aliphatic carbocycles. The number of benzene rings is 3. The van der Waals surface area contributed by atoms with Gasteiger partial charge in [-0.3, -0.25) is 9.59 Å². The minimum atomic E-state index is -0.328. The van der Waals surface area contributed by atoms with Crippen LogP contribution in [0.4, 0.5) is 11.4 Å². The molecule has 0 saturated carbocycles. The molecule has 4 aromatic rings. The summed E-state index contributed by atoms with van der Waals surface area (Å²) in [6, 6.07) is 24.5. The summed E-state index contributed by atoms with van der Waals surface area (Å²) in [5, 5.41) is 6.16. The molecule has 1 heterocycles. The van der Waals surface area contributed by atoms with E-state index in [1.54, 1.807) is 12.1 Å². The lowest BCUT2D eigenvalue weighted by molar-refractivity contribution is -0.116. The number of nitrogens with zero attached hydrogens (tertiary/aromatic N) is 3. The van der Waals surface area contributed by atoms with E-state index in [4.69, 9.17) is 4.98 Å². The normalized spacial score (nSPS) is 11.8. The Balaban J connectivity index is 1.58. The molecule has 0 aliphatic rings. The number of carbonyl (C=O) groups excluding carboxylic acids is 2. The number of amides is 2. The number of fused-ring (bicyclic) bond motifs is 1. The molecule has 1 atom stereocenters. The van der Waals surface area contributed by atoms with Crippen molar-refractivity contribution in [1.82, 2.24) is 14.9 Å². The first-order valence-electron chi connectivity index (χ1n) is 13.0. The van der Waals surface area contributed by atoms with E-state index in [-0.39, 0.29) is 24.4 Å². The summed E-state index contributed by atoms with van der Waals surface area (Å²) < 4.78 is 1.92. The van der Waals surface area contributed by atoms with Gasteiger partial charge in [0.25, 0.3) is 5.91 Å². The molecular formula is C30H35N5O2. The second-order valence-electron chi connectivity index (χ2n) is 8.99. The Morgan fingerprint density at radius 2 is 1.57 bits per heavy atom. The Morgan fingerprint density at radius 3 is 2.24 bits per heavy atom. The van der Waals surface area contributed by atoms with E-state index in [1.165, 1.54) is 0 Å². The summed E-state index contributed by atoms with van der Waals surface area (Å²) in [7, 11) is 0. The van der Waals surface area contributed by atoms with E-state index in [9.17, 15) is 9.59 Å². The van der Waals surface area contributed by atoms with Gasteiger partial charge in [0.1, 0.15) is 12.4 Å². The topological polar surface area (TPSA) is 79.3 Å². The van der Waals surface area contributed by atoms with Crippen molar-refractivity contribution in [3.63, 3.8) is 0 Å². The lowest BCUT2D eigenvalue weighted by Crippen LogP contribution is -2.31. The summed E-state index contributed by atoms with van der Waals surface area (Å²) >= 11 is 0. The maximum atomic E-state index is 13.2. The fourth-order valence-corrected chi connectivity index (χ4v) is 4.60. The van der Waals surface area contributed by atoms with Gasteiger partial charge in [-0.15, -0.1) is 0 Å². The number of hydrogen-bond donors (Lipinski definition) is 2. The molecule has 7 nitrogen and oxygen atoms in total. The van der Waals surface area contributed by atoms with E-state index in [0.29, 0.717) is 17.8 Å². The van der Waals surface area contributed by atoms with Crippen LogP contribution in [0.5, 0.6) is 0 Å². The molecule has 0 spiro atoms. The van der Waals surface area contributed by atoms with E-state index < -0.39 is 0 Å². The van der Waals surface area contributed by atoms with Crippen molar-refractivity contribution >= 4 is 34.2 Å². The molecule has 0 bridgehead atoms. The van der Waals surface area contributed by atoms with E-state index in [2.05, 4.69) is 36.3 Å². The zero-order chi connectivity index (χ0) is 26.2. The summed E-state index contributed by atoms with van der Waals surface area (Å²) in [4.78, 5) is 33.3. The molecule has 2 amide bonds. The first-order valence-corrected chi connectivity index (χ1v) is 13.0. The van der Waals surface area contributed by atoms with Crippen LogP contribution in [0, 0.1) is 0 Å². The number of nitrogens with one attached hydrogen (secondary N) is 2. The zero-order valence-corrected chi connectivity index (χ0v) is 21.8. The minimum Gasteiger partial charge on any atom is -0.372 e. The van der Waals surface area contributed by atoms with Crippen LogP contribution in [0.3, 0.4) is 0 Å². The SMILES string of the molecule is CCC[C@H](NC(=O)c1ccccc1)c1nc2ccccc2n1CC(=O)Nc1ccc(N(CC)CC)cc1. The van der Waals surface area contributed by atoms with Crippen LogP contribution >= 0.6 is 0 Å². The first-order chi connectivity index (χ1) is 18.0. The summed E-state index contributed by atoms with van der Waals surface area (Å²) in [6.07, 6.45) is 1.56. The molecule has 192 valence electrons. The fraction of sp³-hybridized carbons (Fsp3) is 0.300. The molecule has 0 unspecified atom stereocenters. The van der Waals surface area contributed by atoms with Gasteiger partial charge in [-0.1, -0.05) is 43.7 Å². The van der Waals surface area contributed by atoms with Crippen molar-refractivity contribution < 1.29 is 9.59 Å². The summed E-state index contributed by atoms with van der Waals surface area (Å²) in [5.41, 5.74) is 4.12. The molecule has 4 rings (SSSR count). The van der Waals surface area contributed by atoms with Gasteiger partial charge >= 0.3 is 0 Å². The highest BCUT2D eigenvalue weighted by atomic mass is 16.2. The highest BCUT2D eigenvalue weighted by molar-refractivity contribution is 5.94. The minimum absolute atomic E-state index is 0.0923. The van der Waals surface area contributed by atoms with Gasteiger partial charge < -0.3 is 20.1 Å². The van der Waals surface area contributed by atoms with E-state index in [1.807, 2.05) is 71.3 Å². The van der Waals surface area contributed by atoms with Gasteiger partial charge in [0.15, 0.2) is 0 Å². The Kier molecular flexibility index (Phi) is 8.56. The molecule has 2 N–H and O–H groups in total. The molecule has 37 heavy (non-hydrogen) atoms. The Labute approximate surface area is 218 Å². The van der Waals surface area contributed by atoms with Crippen molar-refractivity contribution in [2.75, 3.05) is 23.3 Å². The van der Waals surface area contributed by atoms with Crippen LogP contribution in [-0.2, 0) is 11.3 Å². The maximum Gasteiger partial charge on any atom is 0.251 e. The third kappa shape index (κ3) is 6.17. The lowest BCUT2D eigenvalue weighted by atomic mass is 10.1. The first kappa shape index (κ1) is 25.9. The Hall–Kier alpha value is -4.13. The molecule has 0 aliphatic heterocycles. The average molecular weight is 498 g/mol. The zero-order valence-electron chi connectivity index (χ0n) is 21.8. The third-order valence-electron chi connectivity index (χ3n) is 6.50. The predicted octanol–water partition coefficient (Wildman–Crippen LogP) is 5.79. The predicted molar refractivity (Wildman–Crippen MR) is 150 cm³/mol. The van der Waals surface area contributed by atoms with Gasteiger partial charge in [0.2, 0.25) is 5.91 Å². The second-order valence-corrected chi connectivity index (χ2v) is 8.99. The lowest BCUT2D eigenvalue weighted by Gasteiger charge is -2.21. The van der Waals surface area contributed by atoms with Crippen LogP contribution in [0.2, 0.25) is 0 Å². The number of aromatic nitrogens is 2. The van der Waals surface area contributed by atoms with Crippen LogP contribution in [0.25, 0.3) is 11.0 Å². The van der Waals surface area contributed by atoms with Gasteiger partial charge in [0.05, 0.1) is 17.1 Å². The van der Waals surface area contributed by atoms with Crippen LogP contribution in [0.15, 0.2) is 78.9 Å². The van der Waals surface area contributed by atoms with E-state index >= 15 is 0 Å². The van der Waals surface area contributed by atoms with Crippen molar-refractivity contribution in [3.8, 4) is 0 Å². The fourth-order valence-electron chi connectivity index (χ4n) is 4.60. The largest absolute Gasteiger partial charge is 0.372 e. The molecule has 3 aromatic carbocycles. The molecule has 0 radical (unpaired) electrons. The second kappa shape index (κ2) is 12.2. The average Bonchev–Trinajstić information content (AvgIpc) is 3.28. The maximum absolute atomic E-state index is 13.2. The molecule has 7 heteroatoms. The number of carbonyl (C=O) groups is 2. The standard InChI is InChI=1S/C30H35N5O2/c1-4-12-26(33-30(37)22-13-8-7-9-14-22)29-32-25-15-10-11-16-27(25)35(29)21-28(36)31-23-17-19-24(20-18-23)34(5-2)6-3/h7-11,13-20,26H,4-6,12,21H2,1-3H3,(H,31,36)(H,33,37)/t26-/m0/s1. The Morgan fingerprint density at radius 1 is 0.892 bits per heavy atom. The number of imidazole rings is 1. The number of anilines is 2. The summed E-state index contributed by atoms with van der Waals surface area (Å²) in [6.45, 7) is 8.27. The smallest absolute Gasteiger partial charge is 0.251 e. The van der Waals surface area contributed by atoms with Crippen LogP contribution in [-0.4, -0.2) is 34.5 Å². The highest BCUT2D eigenvalue weighted by Crippen LogP contribution is 2.25. The number of hydrogen-bond acceptors (Lipinski definition) is 4. The quantitative estimate of drug-likeness (QED) is 0.275. The van der Waals surface area contributed by atoms with Crippen molar-refractivity contribution in [2.24, 2.45) is 0 Å². The molecule has 1 aromatic heterocycles. The van der Waals surface area contributed by atoms with Crippen molar-refractivity contribution in [3.05, 3.63) is 90.3 Å². The van der Waals surface area contributed by atoms with Gasteiger partial charge in [-0.05, 0) is 68.8 Å². The number of para-hydroxylation sites is 2. The van der Waals surface area contributed by atoms with Gasteiger partial charge in [0, 0.05) is 30.0 Å². The number of rotatable bonds is 11. The highest BCUT2D eigenvalue weighted by Gasteiger charge is 2.23. The van der Waals surface area contributed by atoms with Crippen LogP contribution < -0.4 is 15.5 Å². The monoisotopic (exact) mass is 497 g/mol. The molecule has 0 fully saturated rings. The van der Waals surface area contributed by atoms with Gasteiger partial charge in [-0.25, -0.2) is 4.98 Å². The van der Waals surface area contributed by atoms with Crippen molar-refractivity contribution in [2.45, 2.75) is 46.2 Å². The molecule has 0 saturated heterocycles. The summed E-state index contributed by atoms with van der Waals surface area (Å²) in [5.74, 6) is 0.374. The third-order valence-corrected chi connectivity index (χ3v) is 6.50. The van der Waals surface area contributed by atoms with E-state index in [0.717, 1.165) is 41.9 Å². The van der Waals surface area contributed by atoms with Gasteiger partial charge in [-0.2, -0.15) is 0 Å².